The van der Waals surface area contributed by atoms with Crippen LogP contribution in [0.15, 0.2) is 36.5 Å². The Morgan fingerprint density at radius 1 is 1.31 bits per heavy atom. The van der Waals surface area contributed by atoms with Gasteiger partial charge in [0.2, 0.25) is 5.91 Å². The van der Waals surface area contributed by atoms with E-state index in [1.807, 2.05) is 12.1 Å². The second kappa shape index (κ2) is 3.59. The lowest BCUT2D eigenvalue weighted by atomic mass is 9.97. The van der Waals surface area contributed by atoms with Gasteiger partial charge < -0.3 is 5.32 Å². The topological polar surface area (TPSA) is 42.0 Å². The van der Waals surface area contributed by atoms with Crippen LogP contribution in [0, 0.1) is 0 Å². The Hall–Kier alpha value is -1.90. The Morgan fingerprint density at radius 2 is 2.25 bits per heavy atom. The summed E-state index contributed by atoms with van der Waals surface area (Å²) in [7, 11) is 0. The fraction of sp³-hybridized carbons (Fsp3) is 0.231. The second-order valence-electron chi connectivity index (χ2n) is 4.16. The maximum atomic E-state index is 11.2. The Bertz CT molecular complexity index is 550. The molecule has 3 nitrogen and oxygen atoms in total. The van der Waals surface area contributed by atoms with Gasteiger partial charge in [0.15, 0.2) is 0 Å². The van der Waals surface area contributed by atoms with Crippen LogP contribution < -0.4 is 5.32 Å². The molecule has 1 amide bonds. The van der Waals surface area contributed by atoms with Gasteiger partial charge in [0.05, 0.1) is 5.52 Å². The van der Waals surface area contributed by atoms with E-state index >= 15 is 0 Å². The summed E-state index contributed by atoms with van der Waals surface area (Å²) in [5.74, 6) is 0.466. The molecule has 1 N–H and O–H groups in total. The predicted molar refractivity (Wildman–Crippen MR) is 62.1 cm³/mol. The van der Waals surface area contributed by atoms with Crippen molar-refractivity contribution in [2.45, 2.75) is 12.3 Å². The highest BCUT2D eigenvalue weighted by atomic mass is 16.1. The quantitative estimate of drug-likeness (QED) is 0.783. The molecule has 1 atom stereocenters. The van der Waals surface area contributed by atoms with Crippen molar-refractivity contribution in [1.29, 1.82) is 0 Å². The first kappa shape index (κ1) is 9.33. The molecule has 0 spiro atoms. The molecule has 0 bridgehead atoms. The molecule has 0 radical (unpaired) electrons. The van der Waals surface area contributed by atoms with Gasteiger partial charge in [0.25, 0.3) is 0 Å². The summed E-state index contributed by atoms with van der Waals surface area (Å²) in [5.41, 5.74) is 2.22. The third kappa shape index (κ3) is 1.54. The van der Waals surface area contributed by atoms with Crippen LogP contribution in [-0.2, 0) is 4.79 Å². The minimum atomic E-state index is 0.149. The number of benzene rings is 1. The molecule has 1 saturated heterocycles. The van der Waals surface area contributed by atoms with Gasteiger partial charge in [-0.15, -0.1) is 0 Å². The molecule has 1 aromatic carbocycles. The van der Waals surface area contributed by atoms with Crippen molar-refractivity contribution in [1.82, 2.24) is 10.3 Å². The molecule has 2 heterocycles. The minimum Gasteiger partial charge on any atom is -0.355 e. The van der Waals surface area contributed by atoms with E-state index in [0.717, 1.165) is 17.4 Å². The van der Waals surface area contributed by atoms with E-state index in [9.17, 15) is 4.79 Å². The van der Waals surface area contributed by atoms with Crippen molar-refractivity contribution >= 4 is 16.8 Å². The van der Waals surface area contributed by atoms with E-state index in [2.05, 4.69) is 28.5 Å². The lowest BCUT2D eigenvalue weighted by Crippen LogP contribution is -2.13. The summed E-state index contributed by atoms with van der Waals surface area (Å²) in [6.45, 7) is 0.755. The number of hydrogen-bond donors (Lipinski definition) is 1. The number of rotatable bonds is 1. The molecule has 16 heavy (non-hydrogen) atoms. The van der Waals surface area contributed by atoms with Crippen molar-refractivity contribution < 1.29 is 4.79 Å². The first-order valence-electron chi connectivity index (χ1n) is 5.44. The first-order chi connectivity index (χ1) is 7.83. The molecule has 3 rings (SSSR count). The third-order valence-corrected chi connectivity index (χ3v) is 3.08. The van der Waals surface area contributed by atoms with Crippen LogP contribution >= 0.6 is 0 Å². The fourth-order valence-electron chi connectivity index (χ4n) is 2.19. The van der Waals surface area contributed by atoms with Crippen LogP contribution in [0.1, 0.15) is 17.9 Å². The summed E-state index contributed by atoms with van der Waals surface area (Å²) in [5, 5.41) is 4.00. The molecule has 1 aromatic heterocycles. The third-order valence-electron chi connectivity index (χ3n) is 3.08. The van der Waals surface area contributed by atoms with Gasteiger partial charge in [-0.3, -0.25) is 9.78 Å². The summed E-state index contributed by atoms with van der Waals surface area (Å²) < 4.78 is 0. The average Bonchev–Trinajstić information content (AvgIpc) is 2.75. The van der Waals surface area contributed by atoms with Crippen LogP contribution in [0.5, 0.6) is 0 Å². The zero-order valence-electron chi connectivity index (χ0n) is 8.81. The maximum absolute atomic E-state index is 11.2. The highest BCUT2D eigenvalue weighted by Crippen LogP contribution is 2.25. The number of pyridine rings is 1. The van der Waals surface area contributed by atoms with E-state index < -0.39 is 0 Å². The van der Waals surface area contributed by atoms with E-state index in [-0.39, 0.29) is 5.91 Å². The Morgan fingerprint density at radius 3 is 3.06 bits per heavy atom. The van der Waals surface area contributed by atoms with Gasteiger partial charge in [-0.25, -0.2) is 0 Å². The number of amides is 1. The SMILES string of the molecule is O=C1CC(c2ccc3ncccc3c2)CN1. The van der Waals surface area contributed by atoms with E-state index in [1.165, 1.54) is 5.56 Å². The molecule has 0 saturated carbocycles. The summed E-state index contributed by atoms with van der Waals surface area (Å²) in [6.07, 6.45) is 2.40. The zero-order chi connectivity index (χ0) is 11.0. The largest absolute Gasteiger partial charge is 0.355 e. The number of hydrogen-bond acceptors (Lipinski definition) is 2. The molecular weight excluding hydrogens is 200 g/mol. The van der Waals surface area contributed by atoms with Gasteiger partial charge >= 0.3 is 0 Å². The molecule has 3 heteroatoms. The Balaban J connectivity index is 2.02. The van der Waals surface area contributed by atoms with Crippen molar-refractivity contribution in [2.24, 2.45) is 0 Å². The lowest BCUT2D eigenvalue weighted by Gasteiger charge is -2.08. The van der Waals surface area contributed by atoms with Gasteiger partial charge in [-0.05, 0) is 23.8 Å². The molecule has 2 aromatic rings. The standard InChI is InChI=1S/C13H12N2O/c16-13-7-11(8-15-13)9-3-4-12-10(6-9)2-1-5-14-12/h1-6,11H,7-8H2,(H,15,16). The van der Waals surface area contributed by atoms with Crippen LogP contribution in [0.3, 0.4) is 0 Å². The number of carbonyl (C=O) groups excluding carboxylic acids is 1. The van der Waals surface area contributed by atoms with E-state index in [1.54, 1.807) is 6.20 Å². The summed E-state index contributed by atoms with van der Waals surface area (Å²) in [4.78, 5) is 15.4. The van der Waals surface area contributed by atoms with Crippen LogP contribution in [0.4, 0.5) is 0 Å². The monoisotopic (exact) mass is 212 g/mol. The van der Waals surface area contributed by atoms with E-state index in [4.69, 9.17) is 0 Å². The number of nitrogens with one attached hydrogen (secondary N) is 1. The van der Waals surface area contributed by atoms with Crippen molar-refractivity contribution in [3.05, 3.63) is 42.1 Å². The number of aromatic nitrogens is 1. The lowest BCUT2D eigenvalue weighted by molar-refractivity contribution is -0.119. The summed E-state index contributed by atoms with van der Waals surface area (Å²) in [6, 6.07) is 10.2. The number of carbonyl (C=O) groups is 1. The Kier molecular flexibility index (Phi) is 2.10. The number of nitrogens with zero attached hydrogens (tertiary/aromatic N) is 1. The summed E-state index contributed by atoms with van der Waals surface area (Å²) >= 11 is 0. The predicted octanol–water partition coefficient (Wildman–Crippen LogP) is 1.84. The highest BCUT2D eigenvalue weighted by molar-refractivity contribution is 5.81. The Labute approximate surface area is 93.5 Å². The normalized spacial score (nSPS) is 20.0. The van der Waals surface area contributed by atoms with Crippen molar-refractivity contribution in [3.8, 4) is 0 Å². The highest BCUT2D eigenvalue weighted by Gasteiger charge is 2.22. The first-order valence-corrected chi connectivity index (χ1v) is 5.44. The molecule has 80 valence electrons. The van der Waals surface area contributed by atoms with Crippen LogP contribution in [-0.4, -0.2) is 17.4 Å². The molecule has 0 aliphatic carbocycles. The zero-order valence-corrected chi connectivity index (χ0v) is 8.81. The second-order valence-corrected chi connectivity index (χ2v) is 4.16. The molecule has 1 unspecified atom stereocenters. The fourth-order valence-corrected chi connectivity index (χ4v) is 2.19. The average molecular weight is 212 g/mol. The van der Waals surface area contributed by atoms with Gasteiger partial charge in [0, 0.05) is 30.5 Å². The maximum Gasteiger partial charge on any atom is 0.220 e. The minimum absolute atomic E-state index is 0.149. The van der Waals surface area contributed by atoms with Gasteiger partial charge in [0.1, 0.15) is 0 Å². The van der Waals surface area contributed by atoms with Crippen molar-refractivity contribution in [2.75, 3.05) is 6.54 Å². The van der Waals surface area contributed by atoms with Crippen LogP contribution in [0.25, 0.3) is 10.9 Å². The molecule has 1 fully saturated rings. The number of fused-ring (bicyclic) bond motifs is 1. The van der Waals surface area contributed by atoms with Crippen molar-refractivity contribution in [3.63, 3.8) is 0 Å². The van der Waals surface area contributed by atoms with Gasteiger partial charge in [-0.1, -0.05) is 12.1 Å². The van der Waals surface area contributed by atoms with Gasteiger partial charge in [-0.2, -0.15) is 0 Å². The smallest absolute Gasteiger partial charge is 0.220 e. The molecule has 1 aliphatic heterocycles. The molecular formula is C13H12N2O. The molecule has 1 aliphatic rings. The van der Waals surface area contributed by atoms with E-state index in [0.29, 0.717) is 12.3 Å². The van der Waals surface area contributed by atoms with Crippen LogP contribution in [0.2, 0.25) is 0 Å².